The predicted molar refractivity (Wildman–Crippen MR) is 86.4 cm³/mol. The zero-order chi connectivity index (χ0) is 16.5. The summed E-state index contributed by atoms with van der Waals surface area (Å²) in [6.07, 6.45) is 2.83. The molecule has 3 fully saturated rings. The van der Waals surface area contributed by atoms with Crippen molar-refractivity contribution in [3.8, 4) is 0 Å². The standard InChI is InChI=1S/C17H30N2O4/c1-16(2,3)23-15(20)19-7-5-17(12-19)14(18-6-9-22-17)10-13-4-8-21-11-13/h13-14,18H,4-12H2,1-3H3. The largest absolute Gasteiger partial charge is 0.444 e. The first-order valence-corrected chi connectivity index (χ1v) is 8.81. The van der Waals surface area contributed by atoms with Crippen LogP contribution in [-0.4, -0.2) is 67.7 Å². The molecule has 3 rings (SSSR count). The molecule has 23 heavy (non-hydrogen) atoms. The molecule has 6 nitrogen and oxygen atoms in total. The van der Waals surface area contributed by atoms with Crippen molar-refractivity contribution in [2.75, 3.05) is 39.5 Å². The van der Waals surface area contributed by atoms with Gasteiger partial charge in [0.2, 0.25) is 0 Å². The van der Waals surface area contributed by atoms with E-state index in [1.54, 1.807) is 4.90 Å². The quantitative estimate of drug-likeness (QED) is 0.838. The van der Waals surface area contributed by atoms with Gasteiger partial charge in [0.05, 0.1) is 13.2 Å². The molecule has 1 N–H and O–H groups in total. The number of ether oxygens (including phenoxy) is 3. The third kappa shape index (κ3) is 3.98. The van der Waals surface area contributed by atoms with Gasteiger partial charge in [-0.3, -0.25) is 0 Å². The highest BCUT2D eigenvalue weighted by atomic mass is 16.6. The van der Waals surface area contributed by atoms with Gasteiger partial charge in [-0.2, -0.15) is 0 Å². The number of rotatable bonds is 2. The number of carbonyl (C=O) groups is 1. The average molecular weight is 326 g/mol. The molecule has 0 radical (unpaired) electrons. The molecule has 3 aliphatic rings. The molecule has 0 bridgehead atoms. The highest BCUT2D eigenvalue weighted by Gasteiger charge is 2.49. The van der Waals surface area contributed by atoms with Crippen LogP contribution in [0.25, 0.3) is 0 Å². The molecule has 1 spiro atoms. The van der Waals surface area contributed by atoms with Gasteiger partial charge in [-0.15, -0.1) is 0 Å². The van der Waals surface area contributed by atoms with Gasteiger partial charge >= 0.3 is 6.09 Å². The zero-order valence-corrected chi connectivity index (χ0v) is 14.6. The molecule has 132 valence electrons. The van der Waals surface area contributed by atoms with Crippen LogP contribution in [0.5, 0.6) is 0 Å². The lowest BCUT2D eigenvalue weighted by Crippen LogP contribution is -2.60. The maximum absolute atomic E-state index is 12.3. The van der Waals surface area contributed by atoms with Crippen LogP contribution in [0.3, 0.4) is 0 Å². The van der Waals surface area contributed by atoms with Gasteiger partial charge in [-0.1, -0.05) is 0 Å². The number of nitrogens with one attached hydrogen (secondary N) is 1. The van der Waals surface area contributed by atoms with Crippen molar-refractivity contribution in [3.05, 3.63) is 0 Å². The van der Waals surface area contributed by atoms with Gasteiger partial charge in [0.25, 0.3) is 0 Å². The topological polar surface area (TPSA) is 60.0 Å². The summed E-state index contributed by atoms with van der Waals surface area (Å²) in [6, 6.07) is 0.287. The molecule has 3 heterocycles. The molecule has 0 saturated carbocycles. The van der Waals surface area contributed by atoms with Crippen molar-refractivity contribution in [3.63, 3.8) is 0 Å². The number of amides is 1. The van der Waals surface area contributed by atoms with Crippen molar-refractivity contribution < 1.29 is 19.0 Å². The van der Waals surface area contributed by atoms with Crippen molar-refractivity contribution in [2.45, 2.75) is 57.3 Å². The molecule has 0 aromatic carbocycles. The Balaban J connectivity index is 1.63. The van der Waals surface area contributed by atoms with Gasteiger partial charge in [0.15, 0.2) is 0 Å². The number of carbonyl (C=O) groups excluding carboxylic acids is 1. The fraction of sp³-hybridized carbons (Fsp3) is 0.941. The number of hydrogen-bond acceptors (Lipinski definition) is 5. The van der Waals surface area contributed by atoms with Gasteiger partial charge in [-0.05, 0) is 46.0 Å². The minimum atomic E-state index is -0.459. The Morgan fingerprint density at radius 3 is 2.91 bits per heavy atom. The number of nitrogens with zero attached hydrogens (tertiary/aromatic N) is 1. The van der Waals surface area contributed by atoms with Crippen LogP contribution in [0.15, 0.2) is 0 Å². The van der Waals surface area contributed by atoms with Crippen molar-refractivity contribution >= 4 is 6.09 Å². The smallest absolute Gasteiger partial charge is 0.410 e. The van der Waals surface area contributed by atoms with E-state index in [-0.39, 0.29) is 17.7 Å². The SMILES string of the molecule is CC(C)(C)OC(=O)N1CCC2(C1)OCCNC2CC1CCOC1. The lowest BCUT2D eigenvalue weighted by molar-refractivity contribution is -0.0935. The Bertz CT molecular complexity index is 431. The first-order valence-electron chi connectivity index (χ1n) is 8.81. The molecule has 0 aromatic rings. The molecule has 3 saturated heterocycles. The van der Waals surface area contributed by atoms with Crippen LogP contribution in [0, 0.1) is 5.92 Å². The number of morpholine rings is 1. The second-order valence-corrected chi connectivity index (χ2v) is 8.04. The van der Waals surface area contributed by atoms with Crippen LogP contribution in [0.2, 0.25) is 0 Å². The number of likely N-dealkylation sites (tertiary alicyclic amines) is 1. The molecule has 0 aromatic heterocycles. The Morgan fingerprint density at radius 2 is 2.22 bits per heavy atom. The Morgan fingerprint density at radius 1 is 1.39 bits per heavy atom. The molecule has 0 aliphatic carbocycles. The van der Waals surface area contributed by atoms with Gasteiger partial charge in [0.1, 0.15) is 11.2 Å². The normalized spacial score (nSPS) is 35.0. The molecular weight excluding hydrogens is 296 g/mol. The summed E-state index contributed by atoms with van der Waals surface area (Å²) in [5.74, 6) is 0.599. The predicted octanol–water partition coefficient (Wildman–Crippen LogP) is 1.78. The fourth-order valence-corrected chi connectivity index (χ4v) is 3.86. The molecule has 6 heteroatoms. The summed E-state index contributed by atoms with van der Waals surface area (Å²) in [7, 11) is 0. The molecular formula is C17H30N2O4. The van der Waals surface area contributed by atoms with Crippen LogP contribution in [0.1, 0.15) is 40.0 Å². The van der Waals surface area contributed by atoms with E-state index < -0.39 is 5.60 Å². The first-order chi connectivity index (χ1) is 10.9. The highest BCUT2D eigenvalue weighted by molar-refractivity contribution is 5.68. The summed E-state index contributed by atoms with van der Waals surface area (Å²) >= 11 is 0. The van der Waals surface area contributed by atoms with E-state index >= 15 is 0 Å². The van der Waals surface area contributed by atoms with Gasteiger partial charge < -0.3 is 24.4 Å². The minimum absolute atomic E-state index is 0.230. The average Bonchev–Trinajstić information content (AvgIpc) is 3.10. The summed E-state index contributed by atoms with van der Waals surface area (Å²) in [5, 5.41) is 3.63. The van der Waals surface area contributed by atoms with Crippen LogP contribution in [-0.2, 0) is 14.2 Å². The molecule has 3 atom stereocenters. The van der Waals surface area contributed by atoms with E-state index in [0.717, 1.165) is 39.0 Å². The summed E-state index contributed by atoms with van der Waals surface area (Å²) in [5.41, 5.74) is -0.725. The lowest BCUT2D eigenvalue weighted by Gasteiger charge is -2.42. The molecule has 3 aliphatic heterocycles. The van der Waals surface area contributed by atoms with Crippen molar-refractivity contribution in [1.82, 2.24) is 10.2 Å². The Hall–Kier alpha value is -0.850. The molecule has 1 amide bonds. The number of hydrogen-bond donors (Lipinski definition) is 1. The van der Waals surface area contributed by atoms with E-state index in [9.17, 15) is 4.79 Å². The minimum Gasteiger partial charge on any atom is -0.444 e. The van der Waals surface area contributed by atoms with E-state index in [0.29, 0.717) is 25.6 Å². The second kappa shape index (κ2) is 6.57. The van der Waals surface area contributed by atoms with E-state index in [2.05, 4.69) is 5.32 Å². The summed E-state index contributed by atoms with van der Waals surface area (Å²) < 4.78 is 17.2. The Labute approximate surface area is 138 Å². The molecule has 3 unspecified atom stereocenters. The van der Waals surface area contributed by atoms with Crippen LogP contribution in [0.4, 0.5) is 4.79 Å². The zero-order valence-electron chi connectivity index (χ0n) is 14.6. The van der Waals surface area contributed by atoms with E-state index in [1.165, 1.54) is 0 Å². The maximum Gasteiger partial charge on any atom is 0.410 e. The third-order valence-corrected chi connectivity index (χ3v) is 5.03. The summed E-state index contributed by atoms with van der Waals surface area (Å²) in [6.45, 7) is 10.3. The van der Waals surface area contributed by atoms with Crippen molar-refractivity contribution in [1.29, 1.82) is 0 Å². The van der Waals surface area contributed by atoms with Gasteiger partial charge in [-0.25, -0.2) is 4.79 Å². The third-order valence-electron chi connectivity index (χ3n) is 5.03. The van der Waals surface area contributed by atoms with Crippen LogP contribution >= 0.6 is 0 Å². The van der Waals surface area contributed by atoms with Crippen LogP contribution < -0.4 is 5.32 Å². The monoisotopic (exact) mass is 326 g/mol. The fourth-order valence-electron chi connectivity index (χ4n) is 3.86. The lowest BCUT2D eigenvalue weighted by atomic mass is 9.84. The highest BCUT2D eigenvalue weighted by Crippen LogP contribution is 2.35. The maximum atomic E-state index is 12.3. The van der Waals surface area contributed by atoms with Gasteiger partial charge in [0, 0.05) is 32.3 Å². The Kier molecular flexibility index (Phi) is 4.85. The van der Waals surface area contributed by atoms with E-state index in [4.69, 9.17) is 14.2 Å². The van der Waals surface area contributed by atoms with Crippen molar-refractivity contribution in [2.24, 2.45) is 5.92 Å². The first kappa shape index (κ1) is 17.0. The summed E-state index contributed by atoms with van der Waals surface area (Å²) in [4.78, 5) is 14.1. The van der Waals surface area contributed by atoms with E-state index in [1.807, 2.05) is 20.8 Å². The second-order valence-electron chi connectivity index (χ2n) is 8.04.